The van der Waals surface area contributed by atoms with Crippen LogP contribution in [0, 0.1) is 16.7 Å². The molecular formula is C11H20N2O. The van der Waals surface area contributed by atoms with Crippen LogP contribution in [0.3, 0.4) is 0 Å². The normalized spacial score (nSPS) is 13.1. The van der Waals surface area contributed by atoms with E-state index in [4.69, 9.17) is 5.26 Å². The van der Waals surface area contributed by atoms with E-state index in [-0.39, 0.29) is 11.9 Å². The van der Waals surface area contributed by atoms with E-state index in [0.29, 0.717) is 6.54 Å². The molecule has 0 aliphatic carbocycles. The molecule has 0 fully saturated rings. The van der Waals surface area contributed by atoms with Crippen molar-refractivity contribution < 1.29 is 4.79 Å². The molecule has 0 N–H and O–H groups in total. The Balaban J connectivity index is 4.73. The first kappa shape index (κ1) is 13.0. The summed E-state index contributed by atoms with van der Waals surface area (Å²) in [5, 5.41) is 8.87. The molecule has 0 saturated heterocycles. The number of nitrogens with zero attached hydrogens (tertiary/aromatic N) is 2. The Bertz CT molecular complexity index is 240. The molecular weight excluding hydrogens is 176 g/mol. The summed E-state index contributed by atoms with van der Waals surface area (Å²) < 4.78 is 0. The van der Waals surface area contributed by atoms with Crippen molar-refractivity contribution in [2.75, 3.05) is 6.54 Å². The lowest BCUT2D eigenvalue weighted by atomic mass is 9.93. The van der Waals surface area contributed by atoms with Crippen LogP contribution in [0.25, 0.3) is 0 Å². The maximum Gasteiger partial charge on any atom is 0.242 e. The monoisotopic (exact) mass is 196 g/mol. The Hall–Kier alpha value is -1.04. The Labute approximate surface area is 86.7 Å². The summed E-state index contributed by atoms with van der Waals surface area (Å²) in [7, 11) is 0. The highest BCUT2D eigenvalue weighted by molar-refractivity contribution is 5.84. The van der Waals surface area contributed by atoms with Gasteiger partial charge >= 0.3 is 0 Å². The van der Waals surface area contributed by atoms with Crippen LogP contribution in [0.15, 0.2) is 0 Å². The summed E-state index contributed by atoms with van der Waals surface area (Å²) in [6.45, 7) is 9.99. The van der Waals surface area contributed by atoms with E-state index < -0.39 is 5.41 Å². The largest absolute Gasteiger partial charge is 0.339 e. The van der Waals surface area contributed by atoms with Crippen molar-refractivity contribution in [3.63, 3.8) is 0 Å². The van der Waals surface area contributed by atoms with Gasteiger partial charge in [0.2, 0.25) is 5.91 Å². The molecule has 1 atom stereocenters. The van der Waals surface area contributed by atoms with Gasteiger partial charge in [0, 0.05) is 12.6 Å². The Morgan fingerprint density at radius 3 is 2.29 bits per heavy atom. The van der Waals surface area contributed by atoms with E-state index in [9.17, 15) is 4.79 Å². The van der Waals surface area contributed by atoms with Crippen molar-refractivity contribution in [2.45, 2.75) is 47.1 Å². The average Bonchev–Trinajstić information content (AvgIpc) is 2.18. The third-order valence-corrected chi connectivity index (χ3v) is 2.54. The van der Waals surface area contributed by atoms with Crippen LogP contribution in [-0.2, 0) is 4.79 Å². The molecule has 0 aromatic heterocycles. The number of carbonyl (C=O) groups is 1. The van der Waals surface area contributed by atoms with E-state index in [1.165, 1.54) is 0 Å². The number of hydrogen-bond acceptors (Lipinski definition) is 2. The maximum absolute atomic E-state index is 11.9. The molecule has 0 saturated carbocycles. The van der Waals surface area contributed by atoms with E-state index in [0.717, 1.165) is 6.42 Å². The van der Waals surface area contributed by atoms with Gasteiger partial charge in [0.05, 0.1) is 6.07 Å². The quantitative estimate of drug-likeness (QED) is 0.691. The van der Waals surface area contributed by atoms with Gasteiger partial charge in [0.1, 0.15) is 5.41 Å². The topological polar surface area (TPSA) is 44.1 Å². The van der Waals surface area contributed by atoms with Gasteiger partial charge in [-0.3, -0.25) is 4.79 Å². The van der Waals surface area contributed by atoms with Crippen LogP contribution >= 0.6 is 0 Å². The summed E-state index contributed by atoms with van der Waals surface area (Å²) in [5.41, 5.74) is -0.903. The average molecular weight is 196 g/mol. The van der Waals surface area contributed by atoms with Gasteiger partial charge in [-0.2, -0.15) is 5.26 Å². The van der Waals surface area contributed by atoms with Crippen LogP contribution in [0.4, 0.5) is 0 Å². The fraction of sp³-hybridized carbons (Fsp3) is 0.818. The van der Waals surface area contributed by atoms with Crippen molar-refractivity contribution in [2.24, 2.45) is 5.41 Å². The summed E-state index contributed by atoms with van der Waals surface area (Å²) in [6, 6.07) is 2.25. The van der Waals surface area contributed by atoms with Crippen LogP contribution in [-0.4, -0.2) is 23.4 Å². The van der Waals surface area contributed by atoms with Crippen molar-refractivity contribution in [3.05, 3.63) is 0 Å². The standard InChI is InChI=1S/C11H20N2O/c1-6-9(3)13(7-2)10(14)11(4,5)8-12/h9H,6-7H2,1-5H3. The molecule has 0 aromatic carbocycles. The minimum absolute atomic E-state index is 0.0724. The fourth-order valence-electron chi connectivity index (χ4n) is 1.28. The second kappa shape index (κ2) is 4.99. The molecule has 0 radical (unpaired) electrons. The lowest BCUT2D eigenvalue weighted by Crippen LogP contribution is -2.44. The SMILES string of the molecule is CCC(C)N(CC)C(=O)C(C)(C)C#N. The number of amides is 1. The lowest BCUT2D eigenvalue weighted by molar-refractivity contribution is -0.139. The predicted octanol–water partition coefficient (Wildman–Crippen LogP) is 2.18. The van der Waals surface area contributed by atoms with Gasteiger partial charge in [0.25, 0.3) is 0 Å². The first-order valence-corrected chi connectivity index (χ1v) is 5.13. The van der Waals surface area contributed by atoms with Crippen molar-refractivity contribution in [1.82, 2.24) is 4.90 Å². The van der Waals surface area contributed by atoms with E-state index in [2.05, 4.69) is 0 Å². The number of hydrogen-bond donors (Lipinski definition) is 0. The molecule has 0 aromatic rings. The second-order valence-corrected chi connectivity index (χ2v) is 4.09. The van der Waals surface area contributed by atoms with E-state index in [1.807, 2.05) is 26.8 Å². The zero-order chi connectivity index (χ0) is 11.4. The first-order valence-electron chi connectivity index (χ1n) is 5.13. The smallest absolute Gasteiger partial charge is 0.242 e. The summed E-state index contributed by atoms with van der Waals surface area (Å²) in [4.78, 5) is 13.7. The predicted molar refractivity (Wildman–Crippen MR) is 56.5 cm³/mol. The molecule has 3 nitrogen and oxygen atoms in total. The minimum Gasteiger partial charge on any atom is -0.339 e. The van der Waals surface area contributed by atoms with Crippen LogP contribution in [0.2, 0.25) is 0 Å². The van der Waals surface area contributed by atoms with Gasteiger partial charge in [-0.25, -0.2) is 0 Å². The Morgan fingerprint density at radius 2 is 2.00 bits per heavy atom. The number of nitriles is 1. The Kier molecular flexibility index (Phi) is 4.62. The van der Waals surface area contributed by atoms with E-state index >= 15 is 0 Å². The minimum atomic E-state index is -0.903. The highest BCUT2D eigenvalue weighted by Gasteiger charge is 2.32. The molecule has 14 heavy (non-hydrogen) atoms. The zero-order valence-corrected chi connectivity index (χ0v) is 9.79. The molecule has 0 aliphatic rings. The molecule has 1 unspecified atom stereocenters. The van der Waals surface area contributed by atoms with E-state index in [1.54, 1.807) is 18.7 Å². The van der Waals surface area contributed by atoms with Crippen molar-refractivity contribution >= 4 is 5.91 Å². The number of rotatable bonds is 4. The fourth-order valence-corrected chi connectivity index (χ4v) is 1.28. The zero-order valence-electron chi connectivity index (χ0n) is 9.79. The molecule has 0 aliphatic heterocycles. The molecule has 0 heterocycles. The third kappa shape index (κ3) is 2.73. The molecule has 0 rings (SSSR count). The van der Waals surface area contributed by atoms with Gasteiger partial charge in [-0.15, -0.1) is 0 Å². The van der Waals surface area contributed by atoms with Gasteiger partial charge in [-0.1, -0.05) is 6.92 Å². The van der Waals surface area contributed by atoms with Gasteiger partial charge < -0.3 is 4.90 Å². The number of carbonyl (C=O) groups excluding carboxylic acids is 1. The molecule has 80 valence electrons. The van der Waals surface area contributed by atoms with Crippen LogP contribution in [0.1, 0.15) is 41.0 Å². The van der Waals surface area contributed by atoms with Crippen LogP contribution in [0.5, 0.6) is 0 Å². The molecule has 0 spiro atoms. The van der Waals surface area contributed by atoms with Gasteiger partial charge in [0.15, 0.2) is 0 Å². The van der Waals surface area contributed by atoms with Crippen molar-refractivity contribution in [1.29, 1.82) is 5.26 Å². The summed E-state index contributed by atoms with van der Waals surface area (Å²) in [5.74, 6) is -0.0724. The highest BCUT2D eigenvalue weighted by atomic mass is 16.2. The molecule has 3 heteroatoms. The van der Waals surface area contributed by atoms with Crippen molar-refractivity contribution in [3.8, 4) is 6.07 Å². The Morgan fingerprint density at radius 1 is 1.50 bits per heavy atom. The molecule has 0 bridgehead atoms. The summed E-state index contributed by atoms with van der Waals surface area (Å²) >= 11 is 0. The third-order valence-electron chi connectivity index (χ3n) is 2.54. The van der Waals surface area contributed by atoms with Crippen LogP contribution < -0.4 is 0 Å². The lowest BCUT2D eigenvalue weighted by Gasteiger charge is -2.31. The molecule has 1 amide bonds. The second-order valence-electron chi connectivity index (χ2n) is 4.09. The summed E-state index contributed by atoms with van der Waals surface area (Å²) in [6.07, 6.45) is 0.918. The first-order chi connectivity index (χ1) is 6.40. The highest BCUT2D eigenvalue weighted by Crippen LogP contribution is 2.19. The van der Waals surface area contributed by atoms with Gasteiger partial charge in [-0.05, 0) is 34.1 Å². The maximum atomic E-state index is 11.9.